The van der Waals surface area contributed by atoms with Gasteiger partial charge >= 0.3 is 0 Å². The van der Waals surface area contributed by atoms with Crippen molar-refractivity contribution in [2.45, 2.75) is 70.8 Å². The van der Waals surface area contributed by atoms with Gasteiger partial charge in [0.1, 0.15) is 5.78 Å². The van der Waals surface area contributed by atoms with Gasteiger partial charge in [-0.2, -0.15) is 0 Å². The minimum absolute atomic E-state index is 0.151. The van der Waals surface area contributed by atoms with E-state index >= 15 is 0 Å². The molecule has 0 atom stereocenters. The lowest BCUT2D eigenvalue weighted by atomic mass is 9.84. The molecule has 0 unspecified atom stereocenters. The molecule has 0 saturated heterocycles. The topological polar surface area (TPSA) is 26.3 Å². The summed E-state index contributed by atoms with van der Waals surface area (Å²) in [5.41, 5.74) is -0.151. The summed E-state index contributed by atoms with van der Waals surface area (Å²) >= 11 is 0. The van der Waals surface area contributed by atoms with Gasteiger partial charge in [-0.1, -0.05) is 32.1 Å². The number of ether oxygens (including phenoxy) is 1. The van der Waals surface area contributed by atoms with Crippen molar-refractivity contribution in [2.75, 3.05) is 7.11 Å². The molecule has 1 rings (SSSR count). The van der Waals surface area contributed by atoms with Crippen molar-refractivity contribution < 1.29 is 9.53 Å². The van der Waals surface area contributed by atoms with Crippen molar-refractivity contribution >= 4 is 5.78 Å². The Morgan fingerprint density at radius 3 is 2.44 bits per heavy atom. The molecule has 0 heterocycles. The van der Waals surface area contributed by atoms with Crippen LogP contribution in [0.2, 0.25) is 0 Å². The summed E-state index contributed by atoms with van der Waals surface area (Å²) in [5.74, 6) is 1.10. The maximum absolute atomic E-state index is 11.8. The van der Waals surface area contributed by atoms with Crippen LogP contribution in [0.5, 0.6) is 0 Å². The molecule has 1 fully saturated rings. The van der Waals surface area contributed by atoms with Gasteiger partial charge in [-0.25, -0.2) is 0 Å². The van der Waals surface area contributed by atoms with E-state index in [2.05, 4.69) is 0 Å². The maximum atomic E-state index is 11.8. The van der Waals surface area contributed by atoms with E-state index in [0.717, 1.165) is 12.8 Å². The van der Waals surface area contributed by atoms with Crippen molar-refractivity contribution in [2.24, 2.45) is 5.92 Å². The van der Waals surface area contributed by atoms with Gasteiger partial charge in [0, 0.05) is 20.0 Å². The highest BCUT2D eigenvalue weighted by Gasteiger charge is 2.20. The Labute approximate surface area is 99.8 Å². The maximum Gasteiger partial charge on any atom is 0.133 e. The van der Waals surface area contributed by atoms with Crippen LogP contribution < -0.4 is 0 Å². The van der Waals surface area contributed by atoms with Gasteiger partial charge in [-0.3, -0.25) is 4.79 Å². The van der Waals surface area contributed by atoms with Crippen LogP contribution in [0.1, 0.15) is 65.2 Å². The summed E-state index contributed by atoms with van der Waals surface area (Å²) in [6.07, 6.45) is 8.86. The first-order chi connectivity index (χ1) is 7.53. The quantitative estimate of drug-likeness (QED) is 0.689. The Bertz CT molecular complexity index is 215. The van der Waals surface area contributed by atoms with E-state index in [1.165, 1.54) is 32.1 Å². The fourth-order valence-corrected chi connectivity index (χ4v) is 2.36. The minimum atomic E-state index is -0.151. The molecule has 0 bridgehead atoms. The van der Waals surface area contributed by atoms with E-state index in [4.69, 9.17) is 4.74 Å². The van der Waals surface area contributed by atoms with Crippen molar-refractivity contribution in [1.29, 1.82) is 0 Å². The highest BCUT2D eigenvalue weighted by Crippen LogP contribution is 2.27. The van der Waals surface area contributed by atoms with E-state index in [-0.39, 0.29) is 5.60 Å². The molecule has 0 radical (unpaired) electrons. The largest absolute Gasteiger partial charge is 0.379 e. The van der Waals surface area contributed by atoms with Gasteiger partial charge < -0.3 is 4.74 Å². The van der Waals surface area contributed by atoms with E-state index < -0.39 is 0 Å². The molecule has 1 aliphatic carbocycles. The van der Waals surface area contributed by atoms with Crippen LogP contribution in [-0.2, 0) is 9.53 Å². The number of carbonyl (C=O) groups is 1. The summed E-state index contributed by atoms with van der Waals surface area (Å²) in [4.78, 5) is 11.8. The van der Waals surface area contributed by atoms with Gasteiger partial charge in [-0.05, 0) is 26.2 Å². The van der Waals surface area contributed by atoms with Crippen LogP contribution in [0.4, 0.5) is 0 Å². The molecule has 0 amide bonds. The van der Waals surface area contributed by atoms with Gasteiger partial charge in [0.15, 0.2) is 0 Å². The normalized spacial score (nSPS) is 18.7. The Kier molecular flexibility index (Phi) is 5.47. The summed E-state index contributed by atoms with van der Waals surface area (Å²) in [7, 11) is 1.71. The zero-order valence-electron chi connectivity index (χ0n) is 11.1. The molecular weight excluding hydrogens is 200 g/mol. The van der Waals surface area contributed by atoms with Crippen LogP contribution in [0.15, 0.2) is 0 Å². The Balaban J connectivity index is 2.19. The standard InChI is InChI=1S/C14H26O2/c1-14(2,16-3)10-9-13(15)11-12-7-5-4-6-8-12/h12H,4-11H2,1-3H3. The second-order valence-corrected chi connectivity index (χ2v) is 5.71. The number of ketones is 1. The van der Waals surface area contributed by atoms with Crippen molar-refractivity contribution in [1.82, 2.24) is 0 Å². The third kappa shape index (κ3) is 5.11. The number of rotatable bonds is 6. The van der Waals surface area contributed by atoms with E-state index in [1.807, 2.05) is 13.8 Å². The highest BCUT2D eigenvalue weighted by atomic mass is 16.5. The number of carbonyl (C=O) groups excluding carboxylic acids is 1. The molecular formula is C14H26O2. The van der Waals surface area contributed by atoms with Gasteiger partial charge in [0.2, 0.25) is 0 Å². The average Bonchev–Trinajstić information content (AvgIpc) is 2.28. The van der Waals surface area contributed by atoms with Gasteiger partial charge in [-0.15, -0.1) is 0 Å². The van der Waals surface area contributed by atoms with Crippen molar-refractivity contribution in [3.8, 4) is 0 Å². The first-order valence-electron chi connectivity index (χ1n) is 6.60. The SMILES string of the molecule is COC(C)(C)CCC(=O)CC1CCCCC1. The van der Waals surface area contributed by atoms with Crippen LogP contribution in [0.25, 0.3) is 0 Å². The highest BCUT2D eigenvalue weighted by molar-refractivity contribution is 5.78. The first kappa shape index (κ1) is 13.7. The summed E-state index contributed by atoms with van der Waals surface area (Å²) in [6, 6.07) is 0. The molecule has 16 heavy (non-hydrogen) atoms. The lowest BCUT2D eigenvalue weighted by molar-refractivity contribution is -0.121. The Morgan fingerprint density at radius 1 is 1.25 bits per heavy atom. The lowest BCUT2D eigenvalue weighted by Gasteiger charge is -2.24. The van der Waals surface area contributed by atoms with E-state index in [1.54, 1.807) is 7.11 Å². The molecule has 1 aliphatic rings. The molecule has 0 aromatic rings. The molecule has 94 valence electrons. The van der Waals surface area contributed by atoms with Crippen LogP contribution in [0, 0.1) is 5.92 Å². The Hall–Kier alpha value is -0.370. The van der Waals surface area contributed by atoms with Crippen LogP contribution >= 0.6 is 0 Å². The number of Topliss-reactive ketones (excluding diaryl/α,β-unsaturated/α-hetero) is 1. The smallest absolute Gasteiger partial charge is 0.133 e. The molecule has 0 aliphatic heterocycles. The third-order valence-corrected chi connectivity index (χ3v) is 3.80. The van der Waals surface area contributed by atoms with Crippen LogP contribution in [-0.4, -0.2) is 18.5 Å². The van der Waals surface area contributed by atoms with E-state index in [0.29, 0.717) is 18.1 Å². The van der Waals surface area contributed by atoms with Crippen molar-refractivity contribution in [3.63, 3.8) is 0 Å². The van der Waals surface area contributed by atoms with Gasteiger partial charge in [0.05, 0.1) is 5.60 Å². The zero-order valence-corrected chi connectivity index (χ0v) is 11.1. The number of hydrogen-bond acceptors (Lipinski definition) is 2. The monoisotopic (exact) mass is 226 g/mol. The predicted molar refractivity (Wildman–Crippen MR) is 66.5 cm³/mol. The predicted octanol–water partition coefficient (Wildman–Crippen LogP) is 3.73. The van der Waals surface area contributed by atoms with Crippen LogP contribution in [0.3, 0.4) is 0 Å². The minimum Gasteiger partial charge on any atom is -0.379 e. The molecule has 1 saturated carbocycles. The Morgan fingerprint density at radius 2 is 1.88 bits per heavy atom. The molecule has 2 heteroatoms. The zero-order chi connectivity index (χ0) is 12.0. The second kappa shape index (κ2) is 6.39. The average molecular weight is 226 g/mol. The van der Waals surface area contributed by atoms with E-state index in [9.17, 15) is 4.79 Å². The molecule has 0 N–H and O–H groups in total. The number of methoxy groups -OCH3 is 1. The third-order valence-electron chi connectivity index (χ3n) is 3.80. The fourth-order valence-electron chi connectivity index (χ4n) is 2.36. The summed E-state index contributed by atoms with van der Waals surface area (Å²) in [6.45, 7) is 4.09. The molecule has 0 spiro atoms. The second-order valence-electron chi connectivity index (χ2n) is 5.71. The summed E-state index contributed by atoms with van der Waals surface area (Å²) < 4.78 is 5.33. The van der Waals surface area contributed by atoms with Crippen molar-refractivity contribution in [3.05, 3.63) is 0 Å². The molecule has 0 aromatic heterocycles. The van der Waals surface area contributed by atoms with Gasteiger partial charge in [0.25, 0.3) is 0 Å². The summed E-state index contributed by atoms with van der Waals surface area (Å²) in [5, 5.41) is 0. The molecule has 0 aromatic carbocycles. The number of hydrogen-bond donors (Lipinski definition) is 0. The molecule has 2 nitrogen and oxygen atoms in total. The first-order valence-corrected chi connectivity index (χ1v) is 6.60. The lowest BCUT2D eigenvalue weighted by Crippen LogP contribution is -2.24. The fraction of sp³-hybridized carbons (Fsp3) is 0.929.